The zero-order valence-electron chi connectivity index (χ0n) is 17.7. The van der Waals surface area contributed by atoms with Gasteiger partial charge in [-0.15, -0.1) is 0 Å². The Morgan fingerprint density at radius 1 is 1.24 bits per heavy atom. The van der Waals surface area contributed by atoms with Crippen LogP contribution in [0.3, 0.4) is 0 Å². The van der Waals surface area contributed by atoms with E-state index in [0.29, 0.717) is 44.1 Å². The third-order valence-electron chi connectivity index (χ3n) is 5.23. The van der Waals surface area contributed by atoms with Crippen LogP contribution >= 0.6 is 11.6 Å². The van der Waals surface area contributed by atoms with Gasteiger partial charge in [-0.2, -0.15) is 28.9 Å². The molecule has 0 fully saturated rings. The minimum absolute atomic E-state index is 0.0352. The van der Waals surface area contributed by atoms with Crippen LogP contribution in [0.5, 0.6) is 5.75 Å². The molecule has 11 heteroatoms. The smallest absolute Gasteiger partial charge is 0.335 e. The summed E-state index contributed by atoms with van der Waals surface area (Å²) >= 11 is 6.15. The van der Waals surface area contributed by atoms with Crippen LogP contribution in [0.4, 0.5) is 8.78 Å². The van der Waals surface area contributed by atoms with Crippen LogP contribution in [-0.4, -0.2) is 31.7 Å². The van der Waals surface area contributed by atoms with Gasteiger partial charge in [0.2, 0.25) is 5.69 Å². The lowest BCUT2D eigenvalue weighted by molar-refractivity contribution is -0.393. The summed E-state index contributed by atoms with van der Waals surface area (Å²) in [7, 11) is 1.54. The monoisotopic (exact) mass is 470 g/mol. The summed E-state index contributed by atoms with van der Waals surface area (Å²) in [5.41, 5.74) is 2.99. The molecule has 1 N–H and O–H groups in total. The maximum Gasteiger partial charge on any atom is 0.335 e. The molecule has 1 aromatic carbocycles. The van der Waals surface area contributed by atoms with Crippen LogP contribution in [-0.2, 0) is 0 Å². The molecular weight excluding hydrogens is 452 g/mol. The number of hydrogen-bond acceptors (Lipinski definition) is 5. The van der Waals surface area contributed by atoms with Gasteiger partial charge in [0.25, 0.3) is 0 Å². The third-order valence-corrected chi connectivity index (χ3v) is 5.47. The van der Waals surface area contributed by atoms with E-state index in [1.54, 1.807) is 42.4 Å². The Hall–Kier alpha value is -3.84. The van der Waals surface area contributed by atoms with Gasteiger partial charge in [0.1, 0.15) is 18.1 Å². The molecule has 3 aromatic heterocycles. The van der Waals surface area contributed by atoms with Gasteiger partial charge in [0.05, 0.1) is 42.1 Å². The van der Waals surface area contributed by atoms with Gasteiger partial charge in [-0.1, -0.05) is 18.5 Å². The second-order valence-corrected chi connectivity index (χ2v) is 7.55. The van der Waals surface area contributed by atoms with E-state index in [4.69, 9.17) is 16.3 Å². The van der Waals surface area contributed by atoms with Crippen LogP contribution < -0.4 is 9.72 Å². The summed E-state index contributed by atoms with van der Waals surface area (Å²) in [6.07, 6.45) is 6.61. The highest BCUT2D eigenvalue weighted by molar-refractivity contribution is 6.31. The number of hydrogen-bond donors (Lipinski definition) is 0. The minimum atomic E-state index is -2.80. The predicted octanol–water partition coefficient (Wildman–Crippen LogP) is 4.55. The second kappa shape index (κ2) is 9.34. The van der Waals surface area contributed by atoms with Gasteiger partial charge in [0, 0.05) is 16.8 Å². The van der Waals surface area contributed by atoms with E-state index in [1.807, 2.05) is 13.0 Å². The SMILES string of the molecule is CCC(c1cc(OC)c(-c2cc(Cl)ccc2C#N)c[nH+]1)n1cc(-c2ncnn2C(F)F)cn1. The number of benzene rings is 1. The van der Waals surface area contributed by atoms with Crippen molar-refractivity contribution >= 4 is 11.6 Å². The Balaban J connectivity index is 1.72. The molecule has 4 aromatic rings. The molecule has 8 nitrogen and oxygen atoms in total. The van der Waals surface area contributed by atoms with Crippen molar-refractivity contribution in [3.05, 3.63) is 65.5 Å². The van der Waals surface area contributed by atoms with E-state index >= 15 is 0 Å². The first kappa shape index (κ1) is 22.4. The molecule has 0 saturated carbocycles. The molecule has 4 rings (SSSR count). The first-order chi connectivity index (χ1) is 16.0. The fourth-order valence-electron chi connectivity index (χ4n) is 3.67. The van der Waals surface area contributed by atoms with Crippen molar-refractivity contribution in [2.75, 3.05) is 7.11 Å². The number of rotatable bonds is 7. The van der Waals surface area contributed by atoms with Gasteiger partial charge in [-0.25, -0.2) is 9.97 Å². The van der Waals surface area contributed by atoms with E-state index in [9.17, 15) is 14.0 Å². The van der Waals surface area contributed by atoms with E-state index in [1.165, 1.54) is 6.20 Å². The van der Waals surface area contributed by atoms with Crippen molar-refractivity contribution in [2.45, 2.75) is 25.9 Å². The summed E-state index contributed by atoms with van der Waals surface area (Å²) in [6, 6.07) is 8.78. The lowest BCUT2D eigenvalue weighted by atomic mass is 9.99. The van der Waals surface area contributed by atoms with Crippen molar-refractivity contribution < 1.29 is 18.5 Å². The average Bonchev–Trinajstić information content (AvgIpc) is 3.49. The predicted molar refractivity (Wildman–Crippen MR) is 116 cm³/mol. The summed E-state index contributed by atoms with van der Waals surface area (Å²) < 4.78 is 34.2. The first-order valence-corrected chi connectivity index (χ1v) is 10.4. The maximum absolute atomic E-state index is 13.2. The molecule has 0 bridgehead atoms. The minimum Gasteiger partial charge on any atom is -0.496 e. The molecule has 1 unspecified atom stereocenters. The second-order valence-electron chi connectivity index (χ2n) is 7.11. The maximum atomic E-state index is 13.2. The van der Waals surface area contributed by atoms with Gasteiger partial charge in [0.15, 0.2) is 12.0 Å². The van der Waals surface area contributed by atoms with E-state index in [-0.39, 0.29) is 11.9 Å². The number of nitrogens with zero attached hydrogens (tertiary/aromatic N) is 6. The summed E-state index contributed by atoms with van der Waals surface area (Å²) in [5.74, 6) is 0.582. The van der Waals surface area contributed by atoms with Crippen molar-refractivity contribution in [3.8, 4) is 34.3 Å². The topological polar surface area (TPSA) is 95.7 Å². The summed E-state index contributed by atoms with van der Waals surface area (Å²) in [4.78, 5) is 7.19. The largest absolute Gasteiger partial charge is 0.496 e. The number of methoxy groups -OCH3 is 1. The molecule has 168 valence electrons. The van der Waals surface area contributed by atoms with Crippen LogP contribution in [0, 0.1) is 11.3 Å². The number of pyridine rings is 1. The highest BCUT2D eigenvalue weighted by atomic mass is 35.5. The normalized spacial score (nSPS) is 12.0. The van der Waals surface area contributed by atoms with Gasteiger partial charge in [-0.3, -0.25) is 4.68 Å². The highest BCUT2D eigenvalue weighted by Crippen LogP contribution is 2.34. The molecule has 33 heavy (non-hydrogen) atoms. The number of H-pyrrole nitrogens is 1. The molecule has 1 atom stereocenters. The molecule has 3 heterocycles. The number of aromatic amines is 1. The van der Waals surface area contributed by atoms with Crippen LogP contribution in [0.1, 0.15) is 37.2 Å². The molecule has 0 spiro atoms. The zero-order chi connectivity index (χ0) is 23.5. The third kappa shape index (κ3) is 4.27. The van der Waals surface area contributed by atoms with Crippen molar-refractivity contribution in [3.63, 3.8) is 0 Å². The summed E-state index contributed by atoms with van der Waals surface area (Å²) in [5, 5.41) is 17.9. The zero-order valence-corrected chi connectivity index (χ0v) is 18.5. The molecule has 0 saturated heterocycles. The Morgan fingerprint density at radius 2 is 2.06 bits per heavy atom. The Morgan fingerprint density at radius 3 is 2.76 bits per heavy atom. The lowest BCUT2D eigenvalue weighted by Crippen LogP contribution is -2.21. The Labute approximate surface area is 193 Å². The van der Waals surface area contributed by atoms with E-state index < -0.39 is 6.55 Å². The first-order valence-electron chi connectivity index (χ1n) is 9.98. The number of alkyl halides is 2. The Bertz CT molecular complexity index is 1330. The number of aromatic nitrogens is 6. The molecule has 0 aliphatic rings. The molecule has 0 aliphatic heterocycles. The molecule has 0 aliphatic carbocycles. The van der Waals surface area contributed by atoms with E-state index in [2.05, 4.69) is 26.2 Å². The van der Waals surface area contributed by atoms with Gasteiger partial charge in [-0.05, 0) is 24.6 Å². The van der Waals surface area contributed by atoms with Crippen molar-refractivity contribution in [1.82, 2.24) is 24.5 Å². The fourth-order valence-corrected chi connectivity index (χ4v) is 3.84. The van der Waals surface area contributed by atoms with Gasteiger partial charge >= 0.3 is 6.55 Å². The highest BCUT2D eigenvalue weighted by Gasteiger charge is 2.24. The fraction of sp³-hybridized carbons (Fsp3) is 0.227. The standard InChI is InChI=1S/C22H18ClF2N7O/c1-3-19(31-11-14(9-29-31)21-28-12-30-32(21)22(24)25)18-7-20(33-2)17(10-27-18)16-6-15(23)5-4-13(16)8-26/h4-7,9-12,19,22H,3H2,1-2H3/p+1. The number of nitrogens with one attached hydrogen (secondary N) is 1. The number of nitriles is 1. The molecule has 0 radical (unpaired) electrons. The Kier molecular flexibility index (Phi) is 6.33. The van der Waals surface area contributed by atoms with Crippen LogP contribution in [0.15, 0.2) is 49.2 Å². The average molecular weight is 471 g/mol. The van der Waals surface area contributed by atoms with Crippen LogP contribution in [0.25, 0.3) is 22.5 Å². The number of halogens is 3. The molecular formula is C22H19ClF2N7O+. The quantitative estimate of drug-likeness (QED) is 0.395. The van der Waals surface area contributed by atoms with Crippen molar-refractivity contribution in [2.24, 2.45) is 0 Å². The van der Waals surface area contributed by atoms with Gasteiger partial charge < -0.3 is 4.74 Å². The van der Waals surface area contributed by atoms with Crippen LogP contribution in [0.2, 0.25) is 5.02 Å². The summed E-state index contributed by atoms with van der Waals surface area (Å²) in [6.45, 7) is -0.824. The lowest BCUT2D eigenvalue weighted by Gasteiger charge is -2.14. The molecule has 0 amide bonds. The number of ether oxygens (including phenoxy) is 1. The van der Waals surface area contributed by atoms with Crippen molar-refractivity contribution in [1.29, 1.82) is 5.26 Å². The van der Waals surface area contributed by atoms with E-state index in [0.717, 1.165) is 12.0 Å².